The monoisotopic (exact) mass is 222 g/mol. The second-order valence-corrected chi connectivity index (χ2v) is 4.77. The molecular weight excluding hydrogens is 204 g/mol. The minimum Gasteiger partial charge on any atom is -0.468 e. The number of ether oxygens (including phenoxy) is 1. The van der Waals surface area contributed by atoms with Crippen LogP contribution in [-0.2, 0) is 14.9 Å². The van der Waals surface area contributed by atoms with Gasteiger partial charge in [-0.05, 0) is 18.8 Å². The van der Waals surface area contributed by atoms with Crippen LogP contribution in [0.1, 0.15) is 50.5 Å². The van der Waals surface area contributed by atoms with E-state index in [0.717, 1.165) is 30.8 Å². The van der Waals surface area contributed by atoms with E-state index in [9.17, 15) is 4.79 Å². The zero-order chi connectivity index (χ0) is 11.8. The first-order valence-electron chi connectivity index (χ1n) is 5.74. The second kappa shape index (κ2) is 3.92. The highest BCUT2D eigenvalue weighted by Gasteiger charge is 2.49. The summed E-state index contributed by atoms with van der Waals surface area (Å²) in [6, 6.07) is 0. The Morgan fingerprint density at radius 2 is 2.25 bits per heavy atom. The van der Waals surface area contributed by atoms with E-state index in [1.165, 1.54) is 7.11 Å². The van der Waals surface area contributed by atoms with Crippen molar-refractivity contribution < 1.29 is 9.53 Å². The van der Waals surface area contributed by atoms with Crippen LogP contribution in [0.5, 0.6) is 0 Å². The molecule has 1 N–H and O–H groups in total. The summed E-state index contributed by atoms with van der Waals surface area (Å²) in [5, 5.41) is 0. The third kappa shape index (κ3) is 1.52. The molecule has 1 aliphatic rings. The molecule has 1 aliphatic carbocycles. The molecule has 16 heavy (non-hydrogen) atoms. The summed E-state index contributed by atoms with van der Waals surface area (Å²) in [5.74, 6) is 1.01. The zero-order valence-electron chi connectivity index (χ0n) is 10.0. The van der Waals surface area contributed by atoms with Crippen LogP contribution < -0.4 is 0 Å². The molecule has 4 nitrogen and oxygen atoms in total. The highest BCUT2D eigenvalue weighted by molar-refractivity contribution is 5.83. The van der Waals surface area contributed by atoms with E-state index < -0.39 is 5.41 Å². The quantitative estimate of drug-likeness (QED) is 0.797. The van der Waals surface area contributed by atoms with E-state index in [1.54, 1.807) is 0 Å². The van der Waals surface area contributed by atoms with Gasteiger partial charge in [0.25, 0.3) is 0 Å². The van der Waals surface area contributed by atoms with Crippen molar-refractivity contribution in [1.29, 1.82) is 0 Å². The first kappa shape index (κ1) is 11.2. The number of H-pyrrole nitrogens is 1. The molecule has 0 unspecified atom stereocenters. The number of rotatable bonds is 3. The molecule has 2 rings (SSSR count). The van der Waals surface area contributed by atoms with Crippen LogP contribution in [0.3, 0.4) is 0 Å². The van der Waals surface area contributed by atoms with Gasteiger partial charge in [-0.2, -0.15) is 0 Å². The Morgan fingerprint density at radius 3 is 2.62 bits per heavy atom. The number of hydrogen-bond donors (Lipinski definition) is 1. The lowest BCUT2D eigenvalue weighted by Gasteiger charge is -2.36. The predicted molar refractivity (Wildman–Crippen MR) is 60.2 cm³/mol. The van der Waals surface area contributed by atoms with Crippen molar-refractivity contribution in [3.05, 3.63) is 17.7 Å². The summed E-state index contributed by atoms with van der Waals surface area (Å²) in [6.07, 6.45) is 4.56. The molecule has 0 atom stereocenters. The van der Waals surface area contributed by atoms with E-state index >= 15 is 0 Å². The van der Waals surface area contributed by atoms with Gasteiger partial charge in [0.05, 0.1) is 7.11 Å². The minimum absolute atomic E-state index is 0.164. The van der Waals surface area contributed by atoms with Gasteiger partial charge in [-0.25, -0.2) is 4.98 Å². The highest BCUT2D eigenvalue weighted by Crippen LogP contribution is 2.43. The molecule has 1 aromatic rings. The number of nitrogens with one attached hydrogen (secondary N) is 1. The Bertz CT molecular complexity index is 391. The molecule has 0 spiro atoms. The molecule has 0 aromatic carbocycles. The van der Waals surface area contributed by atoms with Gasteiger partial charge in [-0.1, -0.05) is 20.3 Å². The molecule has 0 aliphatic heterocycles. The maximum atomic E-state index is 11.8. The van der Waals surface area contributed by atoms with Crippen LogP contribution in [0, 0.1) is 0 Å². The lowest BCUT2D eigenvalue weighted by molar-refractivity contribution is -0.151. The Balaban J connectivity index is 2.30. The summed E-state index contributed by atoms with van der Waals surface area (Å²) in [6.45, 7) is 4.20. The average Bonchev–Trinajstić information content (AvgIpc) is 2.65. The fourth-order valence-electron chi connectivity index (χ4n) is 2.14. The Kier molecular flexibility index (Phi) is 2.74. The molecule has 1 saturated carbocycles. The lowest BCUT2D eigenvalue weighted by atomic mass is 9.68. The first-order chi connectivity index (χ1) is 7.60. The standard InChI is InChI=1S/C12H18N2O2/c1-8(2)9-7-13-10(14-9)12(5-4-6-12)11(15)16-3/h7-8H,4-6H2,1-3H3,(H,13,14). The fraction of sp³-hybridized carbons (Fsp3) is 0.667. The maximum absolute atomic E-state index is 11.8. The number of imidazole rings is 1. The van der Waals surface area contributed by atoms with Crippen LogP contribution in [-0.4, -0.2) is 23.0 Å². The summed E-state index contributed by atoms with van der Waals surface area (Å²) in [5.41, 5.74) is 0.576. The lowest BCUT2D eigenvalue weighted by Crippen LogP contribution is -2.44. The third-order valence-corrected chi connectivity index (χ3v) is 3.45. The van der Waals surface area contributed by atoms with Crippen LogP contribution in [0.15, 0.2) is 6.20 Å². The zero-order valence-corrected chi connectivity index (χ0v) is 10.0. The number of carbonyl (C=O) groups is 1. The number of esters is 1. The molecule has 0 amide bonds. The van der Waals surface area contributed by atoms with Crippen molar-refractivity contribution >= 4 is 5.97 Å². The molecule has 0 saturated heterocycles. The Hall–Kier alpha value is -1.32. The van der Waals surface area contributed by atoms with Crippen molar-refractivity contribution in [2.45, 2.75) is 44.4 Å². The largest absolute Gasteiger partial charge is 0.468 e. The Morgan fingerprint density at radius 1 is 1.56 bits per heavy atom. The maximum Gasteiger partial charge on any atom is 0.319 e. The van der Waals surface area contributed by atoms with E-state index in [-0.39, 0.29) is 5.97 Å². The van der Waals surface area contributed by atoms with Gasteiger partial charge in [-0.3, -0.25) is 4.79 Å². The van der Waals surface area contributed by atoms with Crippen molar-refractivity contribution in [1.82, 2.24) is 9.97 Å². The van der Waals surface area contributed by atoms with Crippen molar-refractivity contribution in [2.75, 3.05) is 7.11 Å². The molecule has 88 valence electrons. The molecule has 0 bridgehead atoms. The Labute approximate surface area is 95.4 Å². The van der Waals surface area contributed by atoms with Gasteiger partial charge < -0.3 is 9.72 Å². The van der Waals surface area contributed by atoms with E-state index in [4.69, 9.17) is 4.74 Å². The van der Waals surface area contributed by atoms with Crippen LogP contribution >= 0.6 is 0 Å². The van der Waals surface area contributed by atoms with Gasteiger partial charge in [0.2, 0.25) is 0 Å². The van der Waals surface area contributed by atoms with Gasteiger partial charge in [0.1, 0.15) is 11.2 Å². The number of aromatic amines is 1. The van der Waals surface area contributed by atoms with Gasteiger partial charge in [0, 0.05) is 11.9 Å². The minimum atomic E-state index is -0.498. The summed E-state index contributed by atoms with van der Waals surface area (Å²) >= 11 is 0. The van der Waals surface area contributed by atoms with E-state index in [1.807, 2.05) is 6.20 Å². The fourth-order valence-corrected chi connectivity index (χ4v) is 2.14. The van der Waals surface area contributed by atoms with Crippen LogP contribution in [0.25, 0.3) is 0 Å². The second-order valence-electron chi connectivity index (χ2n) is 4.77. The summed E-state index contributed by atoms with van der Waals surface area (Å²) in [4.78, 5) is 19.4. The third-order valence-electron chi connectivity index (χ3n) is 3.45. The average molecular weight is 222 g/mol. The highest BCUT2D eigenvalue weighted by atomic mass is 16.5. The molecule has 1 heterocycles. The van der Waals surface area contributed by atoms with Crippen molar-refractivity contribution in [3.8, 4) is 0 Å². The summed E-state index contributed by atoms with van der Waals surface area (Å²) < 4.78 is 4.88. The van der Waals surface area contributed by atoms with E-state index in [2.05, 4.69) is 23.8 Å². The number of methoxy groups -OCH3 is 1. The van der Waals surface area contributed by atoms with Crippen molar-refractivity contribution in [3.63, 3.8) is 0 Å². The topological polar surface area (TPSA) is 55.0 Å². The van der Waals surface area contributed by atoms with Gasteiger partial charge in [-0.15, -0.1) is 0 Å². The SMILES string of the molecule is COC(=O)C1(c2ncc(C(C)C)[nH]2)CCC1. The summed E-state index contributed by atoms with van der Waals surface area (Å²) in [7, 11) is 1.44. The molecular formula is C12H18N2O2. The number of nitrogens with zero attached hydrogens (tertiary/aromatic N) is 1. The van der Waals surface area contributed by atoms with Crippen LogP contribution in [0.2, 0.25) is 0 Å². The molecule has 1 aromatic heterocycles. The smallest absolute Gasteiger partial charge is 0.319 e. The molecule has 4 heteroatoms. The van der Waals surface area contributed by atoms with Crippen molar-refractivity contribution in [2.24, 2.45) is 0 Å². The van der Waals surface area contributed by atoms with E-state index in [0.29, 0.717) is 5.92 Å². The molecule has 0 radical (unpaired) electrons. The predicted octanol–water partition coefficient (Wildman–Crippen LogP) is 2.13. The van der Waals surface area contributed by atoms with Gasteiger partial charge in [0.15, 0.2) is 0 Å². The number of carbonyl (C=O) groups excluding carboxylic acids is 1. The number of hydrogen-bond acceptors (Lipinski definition) is 3. The van der Waals surface area contributed by atoms with Crippen LogP contribution in [0.4, 0.5) is 0 Å². The molecule has 1 fully saturated rings. The number of aromatic nitrogens is 2. The van der Waals surface area contributed by atoms with Gasteiger partial charge >= 0.3 is 5.97 Å². The normalized spacial score (nSPS) is 18.2. The first-order valence-corrected chi connectivity index (χ1v) is 5.74.